The number of carboxylic acid groups (broad SMARTS) is 1. The van der Waals surface area contributed by atoms with Crippen LogP contribution in [-0.4, -0.2) is 35.2 Å². The number of aryl methyl sites for hydroxylation is 1. The molecule has 0 amide bonds. The number of halogens is 1. The Hall–Kier alpha value is -2.41. The summed E-state index contributed by atoms with van der Waals surface area (Å²) in [6.45, 7) is 1.83. The molecule has 1 N–H and O–H groups in total. The number of fused-ring (bicyclic) bond motifs is 1. The van der Waals surface area contributed by atoms with E-state index in [2.05, 4.69) is 15.1 Å². The maximum absolute atomic E-state index is 11.1. The lowest BCUT2D eigenvalue weighted by Crippen LogP contribution is -2.05. The minimum absolute atomic E-state index is 0.0943. The predicted molar refractivity (Wildman–Crippen MR) is 66.8 cm³/mol. The van der Waals surface area contributed by atoms with E-state index in [4.69, 9.17) is 16.7 Å². The molecule has 0 aliphatic heterocycles. The van der Waals surface area contributed by atoms with Crippen molar-refractivity contribution < 1.29 is 9.90 Å². The van der Waals surface area contributed by atoms with Crippen molar-refractivity contribution in [3.05, 3.63) is 41.2 Å². The lowest BCUT2D eigenvalue weighted by molar-refractivity contribution is 0.0693. The summed E-state index contributed by atoms with van der Waals surface area (Å²) < 4.78 is 3.09. The van der Waals surface area contributed by atoms with Crippen LogP contribution in [0, 0.1) is 6.92 Å². The van der Waals surface area contributed by atoms with Gasteiger partial charge in [-0.25, -0.2) is 19.4 Å². The largest absolute Gasteiger partial charge is 0.476 e. The van der Waals surface area contributed by atoms with E-state index in [1.807, 2.05) is 6.92 Å². The fraction of sp³-hybridized carbons (Fsp3) is 0.0909. The highest BCUT2D eigenvalue weighted by Crippen LogP contribution is 2.15. The van der Waals surface area contributed by atoms with Crippen molar-refractivity contribution in [1.29, 1.82) is 0 Å². The van der Waals surface area contributed by atoms with Crippen molar-refractivity contribution in [3.63, 3.8) is 0 Å². The Morgan fingerprint density at radius 1 is 1.47 bits per heavy atom. The second kappa shape index (κ2) is 4.06. The van der Waals surface area contributed by atoms with Gasteiger partial charge in [-0.05, 0) is 13.0 Å². The molecule has 0 aliphatic rings. The van der Waals surface area contributed by atoms with Gasteiger partial charge in [-0.3, -0.25) is 4.40 Å². The molecule has 3 rings (SSSR count). The molecule has 0 spiro atoms. The third kappa shape index (κ3) is 1.84. The number of aromatic carboxylic acids is 1. The van der Waals surface area contributed by atoms with E-state index in [0.29, 0.717) is 11.0 Å². The molecule has 0 bridgehead atoms. The van der Waals surface area contributed by atoms with Crippen molar-refractivity contribution in [2.75, 3.05) is 0 Å². The predicted octanol–water partition coefficient (Wildman–Crippen LogP) is 1.58. The van der Waals surface area contributed by atoms with Gasteiger partial charge in [-0.2, -0.15) is 5.10 Å². The first kappa shape index (κ1) is 11.7. The zero-order valence-electron chi connectivity index (χ0n) is 9.78. The highest BCUT2D eigenvalue weighted by molar-refractivity contribution is 6.29. The molecule has 8 heteroatoms. The van der Waals surface area contributed by atoms with E-state index in [-0.39, 0.29) is 11.3 Å². The minimum Gasteiger partial charge on any atom is -0.476 e. The normalized spacial score (nSPS) is 11.1. The molecule has 7 nitrogen and oxygen atoms in total. The van der Waals surface area contributed by atoms with Crippen LogP contribution in [0.25, 0.3) is 11.5 Å². The third-order valence-corrected chi connectivity index (χ3v) is 2.88. The van der Waals surface area contributed by atoms with Crippen LogP contribution >= 0.6 is 11.6 Å². The van der Waals surface area contributed by atoms with Gasteiger partial charge in [-0.15, -0.1) is 0 Å². The summed E-state index contributed by atoms with van der Waals surface area (Å²) >= 11 is 5.76. The zero-order valence-corrected chi connectivity index (χ0v) is 10.5. The van der Waals surface area contributed by atoms with Gasteiger partial charge < -0.3 is 5.11 Å². The van der Waals surface area contributed by atoms with E-state index in [1.54, 1.807) is 22.7 Å². The Kier molecular flexibility index (Phi) is 2.49. The molecule has 0 aromatic carbocycles. The second-order valence-corrected chi connectivity index (χ2v) is 4.32. The van der Waals surface area contributed by atoms with Crippen molar-refractivity contribution in [2.45, 2.75) is 6.92 Å². The molecule has 0 radical (unpaired) electrons. The minimum atomic E-state index is -1.12. The summed E-state index contributed by atoms with van der Waals surface area (Å²) in [6.07, 6.45) is 3.08. The first-order chi connectivity index (χ1) is 9.06. The van der Waals surface area contributed by atoms with E-state index in [1.165, 1.54) is 11.0 Å². The number of hydrogen-bond acceptors (Lipinski definition) is 4. The molecule has 19 heavy (non-hydrogen) atoms. The smallest absolute Gasteiger partial charge is 0.358 e. The van der Waals surface area contributed by atoms with Gasteiger partial charge in [0, 0.05) is 18.0 Å². The molecule has 3 aromatic heterocycles. The number of hydrogen-bond donors (Lipinski definition) is 1. The number of carboxylic acids is 1. The molecule has 3 heterocycles. The Morgan fingerprint density at radius 2 is 2.26 bits per heavy atom. The zero-order chi connectivity index (χ0) is 13.6. The summed E-state index contributed by atoms with van der Waals surface area (Å²) in [5, 5.41) is 13.4. The Bertz CT molecular complexity index is 792. The number of rotatable bonds is 2. The van der Waals surface area contributed by atoms with Crippen molar-refractivity contribution >= 4 is 23.2 Å². The van der Waals surface area contributed by atoms with Crippen LogP contribution in [0.4, 0.5) is 0 Å². The van der Waals surface area contributed by atoms with E-state index >= 15 is 0 Å². The number of nitrogens with zero attached hydrogens (tertiary/aromatic N) is 5. The fourth-order valence-corrected chi connectivity index (χ4v) is 1.94. The van der Waals surface area contributed by atoms with Crippen LogP contribution in [-0.2, 0) is 0 Å². The summed E-state index contributed by atoms with van der Waals surface area (Å²) in [5.41, 5.74) is 0.976. The average Bonchev–Trinajstić information content (AvgIpc) is 2.94. The van der Waals surface area contributed by atoms with Crippen LogP contribution in [0.5, 0.6) is 0 Å². The van der Waals surface area contributed by atoms with E-state index in [0.717, 1.165) is 5.69 Å². The molecule has 0 aliphatic carbocycles. The van der Waals surface area contributed by atoms with Gasteiger partial charge in [0.1, 0.15) is 6.33 Å². The van der Waals surface area contributed by atoms with Crippen molar-refractivity contribution in [1.82, 2.24) is 24.1 Å². The molecule has 0 unspecified atom stereocenters. The summed E-state index contributed by atoms with van der Waals surface area (Å²) in [7, 11) is 0. The highest BCUT2D eigenvalue weighted by Gasteiger charge is 2.16. The maximum atomic E-state index is 11.1. The van der Waals surface area contributed by atoms with Gasteiger partial charge in [0.05, 0.1) is 0 Å². The molecule has 0 fully saturated rings. The van der Waals surface area contributed by atoms with Gasteiger partial charge >= 0.3 is 5.97 Å². The molecule has 3 aromatic rings. The fourth-order valence-electron chi connectivity index (χ4n) is 1.80. The molecular weight excluding hydrogens is 270 g/mol. The summed E-state index contributed by atoms with van der Waals surface area (Å²) in [4.78, 5) is 19.2. The van der Waals surface area contributed by atoms with Gasteiger partial charge in [0.2, 0.25) is 0 Å². The molecule has 0 saturated heterocycles. The van der Waals surface area contributed by atoms with Gasteiger partial charge in [0.25, 0.3) is 0 Å². The van der Waals surface area contributed by atoms with Crippen LogP contribution in [0.15, 0.2) is 24.7 Å². The number of carbonyl (C=O) groups is 1. The van der Waals surface area contributed by atoms with Crippen LogP contribution < -0.4 is 0 Å². The average molecular weight is 278 g/mol. The van der Waals surface area contributed by atoms with E-state index in [9.17, 15) is 4.79 Å². The lowest BCUT2D eigenvalue weighted by Gasteiger charge is -2.05. The standard InChI is InChI=1S/C11H8ClN5O2/c1-6-4-8(17-3-2-7(12)15-17)14-10-9(11(18)19)13-5-16(6)10/h2-5H,1H3,(H,18,19). The Balaban J connectivity index is 2.27. The molecular formula is C11H8ClN5O2. The topological polar surface area (TPSA) is 85.3 Å². The van der Waals surface area contributed by atoms with E-state index < -0.39 is 5.97 Å². The SMILES string of the molecule is Cc1cc(-n2ccc(Cl)n2)nc2c(C(=O)O)ncn12. The third-order valence-electron chi connectivity index (χ3n) is 2.67. The monoisotopic (exact) mass is 277 g/mol. The first-order valence-electron chi connectivity index (χ1n) is 5.36. The maximum Gasteiger partial charge on any atom is 0.358 e. The highest BCUT2D eigenvalue weighted by atomic mass is 35.5. The van der Waals surface area contributed by atoms with Crippen LogP contribution in [0.1, 0.15) is 16.2 Å². The number of imidazole rings is 1. The summed E-state index contributed by atoms with van der Waals surface area (Å²) in [5.74, 6) is -0.634. The quantitative estimate of drug-likeness (QED) is 0.768. The molecule has 0 atom stereocenters. The van der Waals surface area contributed by atoms with Crippen LogP contribution in [0.2, 0.25) is 5.15 Å². The van der Waals surface area contributed by atoms with Gasteiger partial charge in [0.15, 0.2) is 22.3 Å². The molecule has 0 saturated carbocycles. The summed E-state index contributed by atoms with van der Waals surface area (Å²) in [6, 6.07) is 3.39. The van der Waals surface area contributed by atoms with Crippen LogP contribution in [0.3, 0.4) is 0 Å². The first-order valence-corrected chi connectivity index (χ1v) is 5.73. The molecule has 96 valence electrons. The Labute approximate surface area is 112 Å². The lowest BCUT2D eigenvalue weighted by atomic mass is 10.4. The second-order valence-electron chi connectivity index (χ2n) is 3.93. The van der Waals surface area contributed by atoms with Gasteiger partial charge in [-0.1, -0.05) is 11.6 Å². The number of aromatic nitrogens is 5. The Morgan fingerprint density at radius 3 is 2.89 bits per heavy atom. The van der Waals surface area contributed by atoms with Crippen molar-refractivity contribution in [3.8, 4) is 5.82 Å². The van der Waals surface area contributed by atoms with Crippen molar-refractivity contribution in [2.24, 2.45) is 0 Å².